The molecule has 3 rings (SSSR count). The van der Waals surface area contributed by atoms with Crippen molar-refractivity contribution in [3.05, 3.63) is 29.3 Å². The minimum atomic E-state index is -1.05. The molecular weight excluding hydrogens is 380 g/mol. The summed E-state index contributed by atoms with van der Waals surface area (Å²) in [6.45, 7) is 5.22. The Kier molecular flexibility index (Phi) is 5.41. The van der Waals surface area contributed by atoms with E-state index in [4.69, 9.17) is 9.47 Å². The predicted octanol–water partition coefficient (Wildman–Crippen LogP) is 1.20. The Bertz CT molecular complexity index is 901. The lowest BCUT2D eigenvalue weighted by molar-refractivity contribution is -0.155. The number of carbonyl (C=O) groups excluding carboxylic acids is 5. The largest absolute Gasteiger partial charge is 0.492 e. The van der Waals surface area contributed by atoms with Gasteiger partial charge in [0.1, 0.15) is 17.4 Å². The Morgan fingerprint density at radius 1 is 1.17 bits per heavy atom. The van der Waals surface area contributed by atoms with Crippen molar-refractivity contribution in [1.82, 2.24) is 10.2 Å². The second-order valence-electron chi connectivity index (χ2n) is 7.81. The maximum absolute atomic E-state index is 12.9. The minimum Gasteiger partial charge on any atom is -0.492 e. The molecule has 29 heavy (non-hydrogen) atoms. The summed E-state index contributed by atoms with van der Waals surface area (Å²) in [4.78, 5) is 61.8. The number of nitrogens with zero attached hydrogens (tertiary/aromatic N) is 1. The van der Waals surface area contributed by atoms with Gasteiger partial charge in [-0.15, -0.1) is 0 Å². The summed E-state index contributed by atoms with van der Waals surface area (Å²) in [5, 5.41) is 2.15. The van der Waals surface area contributed by atoms with Gasteiger partial charge in [-0.05, 0) is 39.3 Å². The number of ether oxygens (including phenoxy) is 2. The summed E-state index contributed by atoms with van der Waals surface area (Å²) in [6.07, 6.45) is 0.0912. The van der Waals surface area contributed by atoms with E-state index in [1.807, 2.05) is 0 Å². The third-order valence-corrected chi connectivity index (χ3v) is 4.41. The number of amides is 4. The maximum atomic E-state index is 12.9. The quantitative estimate of drug-likeness (QED) is 0.580. The van der Waals surface area contributed by atoms with Gasteiger partial charge in [0.05, 0.1) is 24.2 Å². The van der Waals surface area contributed by atoms with Crippen molar-refractivity contribution < 1.29 is 33.4 Å². The van der Waals surface area contributed by atoms with Gasteiger partial charge in [-0.3, -0.25) is 34.2 Å². The van der Waals surface area contributed by atoms with Crippen molar-refractivity contribution in [3.63, 3.8) is 0 Å². The van der Waals surface area contributed by atoms with E-state index in [2.05, 4.69) is 5.32 Å². The molecule has 1 N–H and O–H groups in total. The molecule has 1 atom stereocenters. The topological polar surface area (TPSA) is 119 Å². The molecule has 1 aromatic carbocycles. The van der Waals surface area contributed by atoms with Crippen LogP contribution in [0.4, 0.5) is 0 Å². The number of hydrogen-bond donors (Lipinski definition) is 1. The van der Waals surface area contributed by atoms with E-state index >= 15 is 0 Å². The van der Waals surface area contributed by atoms with Gasteiger partial charge in [-0.1, -0.05) is 6.07 Å². The van der Waals surface area contributed by atoms with Crippen LogP contribution in [0.1, 0.15) is 60.7 Å². The first-order chi connectivity index (χ1) is 13.6. The molecule has 1 saturated heterocycles. The summed E-state index contributed by atoms with van der Waals surface area (Å²) < 4.78 is 10.8. The van der Waals surface area contributed by atoms with Crippen molar-refractivity contribution in [2.45, 2.75) is 51.7 Å². The van der Waals surface area contributed by atoms with Crippen molar-refractivity contribution in [2.75, 3.05) is 6.61 Å². The second kappa shape index (κ2) is 7.65. The SMILES string of the molecule is CC(C)(C)OC(=O)CCOc1cccc2c1C(=O)N(C1CCC(=O)NC1=O)C2=O. The first-order valence-electron chi connectivity index (χ1n) is 9.28. The molecule has 4 amide bonds. The third kappa shape index (κ3) is 4.28. The van der Waals surface area contributed by atoms with Crippen molar-refractivity contribution in [1.29, 1.82) is 0 Å². The van der Waals surface area contributed by atoms with Crippen LogP contribution < -0.4 is 10.1 Å². The Morgan fingerprint density at radius 3 is 2.55 bits per heavy atom. The fourth-order valence-corrected chi connectivity index (χ4v) is 3.24. The molecule has 0 aromatic heterocycles. The Balaban J connectivity index is 1.74. The number of esters is 1. The zero-order valence-electron chi connectivity index (χ0n) is 16.4. The van der Waals surface area contributed by atoms with Gasteiger partial charge in [0.15, 0.2) is 0 Å². The van der Waals surface area contributed by atoms with E-state index in [0.717, 1.165) is 4.90 Å². The first kappa shape index (κ1) is 20.5. The minimum absolute atomic E-state index is 0.0278. The number of carbonyl (C=O) groups is 5. The highest BCUT2D eigenvalue weighted by Crippen LogP contribution is 2.33. The number of fused-ring (bicyclic) bond motifs is 1. The lowest BCUT2D eigenvalue weighted by Gasteiger charge is -2.27. The molecule has 1 unspecified atom stereocenters. The molecular formula is C20H22N2O7. The summed E-state index contributed by atoms with van der Waals surface area (Å²) >= 11 is 0. The van der Waals surface area contributed by atoms with E-state index in [9.17, 15) is 24.0 Å². The van der Waals surface area contributed by atoms with E-state index < -0.39 is 41.2 Å². The molecule has 0 bridgehead atoms. The number of piperidine rings is 1. The fourth-order valence-electron chi connectivity index (χ4n) is 3.24. The molecule has 0 saturated carbocycles. The molecule has 0 aliphatic carbocycles. The molecule has 0 radical (unpaired) electrons. The lowest BCUT2D eigenvalue weighted by atomic mass is 10.0. The lowest BCUT2D eigenvalue weighted by Crippen LogP contribution is -2.54. The van der Waals surface area contributed by atoms with E-state index in [-0.39, 0.29) is 42.7 Å². The normalized spacial score (nSPS) is 19.1. The number of hydrogen-bond acceptors (Lipinski definition) is 7. The average Bonchev–Trinajstić information content (AvgIpc) is 2.86. The van der Waals surface area contributed by atoms with Crippen LogP contribution in [-0.2, 0) is 19.1 Å². The molecule has 0 spiro atoms. The smallest absolute Gasteiger partial charge is 0.309 e. The van der Waals surface area contributed by atoms with Crippen LogP contribution in [0.25, 0.3) is 0 Å². The second-order valence-corrected chi connectivity index (χ2v) is 7.81. The number of benzene rings is 1. The predicted molar refractivity (Wildman–Crippen MR) is 99.1 cm³/mol. The standard InChI is InChI=1S/C20H22N2O7/c1-20(2,3)29-15(24)9-10-28-13-6-4-5-11-16(13)19(27)22(18(11)26)12-7-8-14(23)21-17(12)25/h4-6,12H,7-10H2,1-3H3,(H,21,23,25). The van der Waals surface area contributed by atoms with Crippen molar-refractivity contribution in [3.8, 4) is 5.75 Å². The van der Waals surface area contributed by atoms with Gasteiger partial charge >= 0.3 is 5.97 Å². The first-order valence-corrected chi connectivity index (χ1v) is 9.28. The molecule has 2 aliphatic heterocycles. The summed E-state index contributed by atoms with van der Waals surface area (Å²) in [7, 11) is 0. The van der Waals surface area contributed by atoms with Crippen LogP contribution >= 0.6 is 0 Å². The van der Waals surface area contributed by atoms with E-state index in [1.165, 1.54) is 12.1 Å². The van der Waals surface area contributed by atoms with E-state index in [0.29, 0.717) is 0 Å². The Labute approximate surface area is 167 Å². The highest BCUT2D eigenvalue weighted by atomic mass is 16.6. The van der Waals surface area contributed by atoms with Crippen LogP contribution in [0.15, 0.2) is 18.2 Å². The van der Waals surface area contributed by atoms with Gasteiger partial charge in [-0.2, -0.15) is 0 Å². The van der Waals surface area contributed by atoms with Gasteiger partial charge in [0.2, 0.25) is 11.8 Å². The number of imide groups is 2. The van der Waals surface area contributed by atoms with Crippen LogP contribution in [0.5, 0.6) is 5.75 Å². The van der Waals surface area contributed by atoms with Gasteiger partial charge < -0.3 is 9.47 Å². The fraction of sp³-hybridized carbons (Fsp3) is 0.450. The highest BCUT2D eigenvalue weighted by Gasteiger charge is 2.46. The third-order valence-electron chi connectivity index (χ3n) is 4.41. The molecule has 2 heterocycles. The average molecular weight is 402 g/mol. The Morgan fingerprint density at radius 2 is 1.90 bits per heavy atom. The van der Waals surface area contributed by atoms with Crippen LogP contribution in [0, 0.1) is 0 Å². The van der Waals surface area contributed by atoms with Gasteiger partial charge in [0.25, 0.3) is 11.8 Å². The number of rotatable bonds is 5. The summed E-state index contributed by atoms with van der Waals surface area (Å²) in [6, 6.07) is 3.51. The molecule has 2 aliphatic rings. The van der Waals surface area contributed by atoms with Gasteiger partial charge in [-0.25, -0.2) is 0 Å². The zero-order valence-corrected chi connectivity index (χ0v) is 16.4. The molecule has 154 valence electrons. The van der Waals surface area contributed by atoms with Crippen LogP contribution in [-0.4, -0.2) is 52.7 Å². The monoisotopic (exact) mass is 402 g/mol. The molecule has 1 aromatic rings. The molecule has 9 nitrogen and oxygen atoms in total. The van der Waals surface area contributed by atoms with Crippen molar-refractivity contribution >= 4 is 29.6 Å². The molecule has 9 heteroatoms. The highest BCUT2D eigenvalue weighted by molar-refractivity contribution is 6.24. The molecule has 1 fully saturated rings. The Hall–Kier alpha value is -3.23. The van der Waals surface area contributed by atoms with Crippen LogP contribution in [0.2, 0.25) is 0 Å². The zero-order chi connectivity index (χ0) is 21.3. The maximum Gasteiger partial charge on any atom is 0.309 e. The van der Waals surface area contributed by atoms with Crippen LogP contribution in [0.3, 0.4) is 0 Å². The van der Waals surface area contributed by atoms with E-state index in [1.54, 1.807) is 26.8 Å². The van der Waals surface area contributed by atoms with Crippen molar-refractivity contribution in [2.24, 2.45) is 0 Å². The number of nitrogens with one attached hydrogen (secondary N) is 1. The van der Waals surface area contributed by atoms with Gasteiger partial charge in [0, 0.05) is 6.42 Å². The summed E-state index contributed by atoms with van der Waals surface area (Å²) in [5.41, 5.74) is -0.448. The summed E-state index contributed by atoms with van der Waals surface area (Å²) in [5.74, 6) is -2.68.